The largest absolute Gasteiger partial charge is 0.382 e. The Kier molecular flexibility index (Phi) is 12.9. The molecule has 0 aromatic heterocycles. The number of methoxy groups -OCH3 is 1. The van der Waals surface area contributed by atoms with E-state index < -0.39 is 0 Å². The molecule has 0 saturated carbocycles. The maximum atomic E-state index is 5.47. The van der Waals surface area contributed by atoms with Gasteiger partial charge in [-0.05, 0) is 31.0 Å². The fourth-order valence-electron chi connectivity index (χ4n) is 2.68. The first-order valence-corrected chi connectivity index (χ1v) is 9.41. The summed E-state index contributed by atoms with van der Waals surface area (Å²) < 4.78 is 10.4. The number of ether oxygens (including phenoxy) is 2. The second-order valence-corrected chi connectivity index (χ2v) is 6.13. The smallest absolute Gasteiger partial charge is 0.191 e. The van der Waals surface area contributed by atoms with Crippen molar-refractivity contribution in [3.63, 3.8) is 0 Å². The van der Waals surface area contributed by atoms with Gasteiger partial charge in [-0.15, -0.1) is 24.0 Å². The Bertz CT molecular complexity index is 573. The van der Waals surface area contributed by atoms with E-state index in [0.717, 1.165) is 45.2 Å². The second-order valence-electron chi connectivity index (χ2n) is 6.13. The highest BCUT2D eigenvalue weighted by atomic mass is 127. The van der Waals surface area contributed by atoms with Gasteiger partial charge in [0, 0.05) is 45.6 Å². The van der Waals surface area contributed by atoms with Crippen LogP contribution in [0.3, 0.4) is 0 Å². The normalized spacial score (nSPS) is 13.6. The molecule has 0 atom stereocenters. The summed E-state index contributed by atoms with van der Waals surface area (Å²) in [5, 5.41) is 6.65. The van der Waals surface area contributed by atoms with Crippen LogP contribution in [0.2, 0.25) is 0 Å². The lowest BCUT2D eigenvalue weighted by atomic mass is 10.2. The molecule has 0 bridgehead atoms. The fraction of sp³-hybridized carbons (Fsp3) is 0.550. The van der Waals surface area contributed by atoms with E-state index in [0.29, 0.717) is 19.8 Å². The van der Waals surface area contributed by atoms with E-state index in [4.69, 9.17) is 14.5 Å². The van der Waals surface area contributed by atoms with Crippen LogP contribution in [0.4, 0.5) is 5.69 Å². The first-order valence-electron chi connectivity index (χ1n) is 9.41. The van der Waals surface area contributed by atoms with Gasteiger partial charge in [0.1, 0.15) is 0 Å². The first-order chi connectivity index (χ1) is 12.8. The Morgan fingerprint density at radius 1 is 1.15 bits per heavy atom. The van der Waals surface area contributed by atoms with Crippen molar-refractivity contribution in [2.75, 3.05) is 58.0 Å². The van der Waals surface area contributed by atoms with E-state index in [-0.39, 0.29) is 24.0 Å². The van der Waals surface area contributed by atoms with E-state index in [1.165, 1.54) is 11.3 Å². The molecule has 2 rings (SSSR count). The van der Waals surface area contributed by atoms with Gasteiger partial charge in [-0.3, -0.25) is 0 Å². The number of nitrogens with one attached hydrogen (secondary N) is 2. The highest BCUT2D eigenvalue weighted by Crippen LogP contribution is 2.18. The van der Waals surface area contributed by atoms with Crippen LogP contribution < -0.4 is 15.5 Å². The van der Waals surface area contributed by atoms with Gasteiger partial charge in [-0.25, -0.2) is 4.99 Å². The molecule has 152 valence electrons. The number of benzene rings is 1. The van der Waals surface area contributed by atoms with Crippen molar-refractivity contribution >= 4 is 35.6 Å². The summed E-state index contributed by atoms with van der Waals surface area (Å²) in [5.74, 6) is 0.845. The average molecular weight is 488 g/mol. The summed E-state index contributed by atoms with van der Waals surface area (Å²) in [6.07, 6.45) is 5.35. The third-order valence-electron chi connectivity index (χ3n) is 4.05. The summed E-state index contributed by atoms with van der Waals surface area (Å²) in [6, 6.07) is 8.62. The highest BCUT2D eigenvalue weighted by Gasteiger charge is 2.07. The lowest BCUT2D eigenvalue weighted by molar-refractivity contribution is 0.0698. The second kappa shape index (κ2) is 14.7. The number of nitrogens with zero attached hydrogens (tertiary/aromatic N) is 2. The molecule has 0 saturated heterocycles. The number of hydrogen-bond acceptors (Lipinski definition) is 4. The molecule has 6 nitrogen and oxygen atoms in total. The lowest BCUT2D eigenvalue weighted by Crippen LogP contribution is -2.38. The highest BCUT2D eigenvalue weighted by molar-refractivity contribution is 14.0. The number of guanidine groups is 1. The molecule has 1 aliphatic heterocycles. The predicted molar refractivity (Wildman–Crippen MR) is 123 cm³/mol. The molecule has 27 heavy (non-hydrogen) atoms. The topological polar surface area (TPSA) is 58.1 Å². The minimum Gasteiger partial charge on any atom is -0.382 e. The first kappa shape index (κ1) is 23.7. The third-order valence-corrected chi connectivity index (χ3v) is 4.05. The number of rotatable bonds is 11. The van der Waals surface area contributed by atoms with Crippen LogP contribution in [-0.4, -0.2) is 59.1 Å². The summed E-state index contributed by atoms with van der Waals surface area (Å²) in [6.45, 7) is 8.40. The van der Waals surface area contributed by atoms with Crippen LogP contribution in [0.5, 0.6) is 0 Å². The van der Waals surface area contributed by atoms with Crippen LogP contribution in [0.25, 0.3) is 0 Å². The summed E-state index contributed by atoms with van der Waals surface area (Å²) in [5.41, 5.74) is 2.48. The van der Waals surface area contributed by atoms with E-state index in [9.17, 15) is 0 Å². The van der Waals surface area contributed by atoms with Crippen molar-refractivity contribution in [1.29, 1.82) is 0 Å². The van der Waals surface area contributed by atoms with Gasteiger partial charge < -0.3 is 25.0 Å². The van der Waals surface area contributed by atoms with E-state index in [2.05, 4.69) is 58.9 Å². The van der Waals surface area contributed by atoms with Crippen LogP contribution in [-0.2, 0) is 16.0 Å². The van der Waals surface area contributed by atoms with E-state index in [1.54, 1.807) is 7.11 Å². The number of aliphatic imine (C=N–C) groups is 1. The maximum Gasteiger partial charge on any atom is 0.191 e. The van der Waals surface area contributed by atoms with E-state index >= 15 is 0 Å². The van der Waals surface area contributed by atoms with Crippen molar-refractivity contribution in [1.82, 2.24) is 10.6 Å². The van der Waals surface area contributed by atoms with Crippen LogP contribution >= 0.6 is 24.0 Å². The van der Waals surface area contributed by atoms with Gasteiger partial charge in [-0.2, -0.15) is 0 Å². The van der Waals surface area contributed by atoms with Gasteiger partial charge in [-0.1, -0.05) is 24.3 Å². The zero-order chi connectivity index (χ0) is 18.5. The van der Waals surface area contributed by atoms with Crippen molar-refractivity contribution < 1.29 is 9.47 Å². The van der Waals surface area contributed by atoms with Crippen molar-refractivity contribution in [3.05, 3.63) is 42.0 Å². The van der Waals surface area contributed by atoms with Gasteiger partial charge in [0.2, 0.25) is 0 Å². The van der Waals surface area contributed by atoms with Crippen LogP contribution in [0.1, 0.15) is 18.9 Å². The summed E-state index contributed by atoms with van der Waals surface area (Å²) in [4.78, 5) is 7.05. The Morgan fingerprint density at radius 3 is 2.70 bits per heavy atom. The lowest BCUT2D eigenvalue weighted by Gasteiger charge is -2.18. The Balaban J connectivity index is 0.00000364. The summed E-state index contributed by atoms with van der Waals surface area (Å²) >= 11 is 0. The molecule has 7 heteroatoms. The third kappa shape index (κ3) is 9.44. The molecular formula is C20H33IN4O2. The Morgan fingerprint density at radius 2 is 1.96 bits per heavy atom. The number of halogens is 1. The van der Waals surface area contributed by atoms with Gasteiger partial charge in [0.05, 0.1) is 19.8 Å². The minimum atomic E-state index is 0. The van der Waals surface area contributed by atoms with Crippen LogP contribution in [0, 0.1) is 0 Å². The standard InChI is InChI=1S/C20H32N4O2.HI/c1-3-21-20(22-10-7-13-26-15-14-25-2)23-17-18-8-6-9-19(16-18)24-11-4-5-12-24;/h4-6,8-9,16H,3,7,10-15,17H2,1-2H3,(H2,21,22,23);1H. The molecule has 1 aromatic rings. The average Bonchev–Trinajstić information content (AvgIpc) is 3.20. The molecular weight excluding hydrogens is 455 g/mol. The zero-order valence-electron chi connectivity index (χ0n) is 16.4. The van der Waals surface area contributed by atoms with Gasteiger partial charge >= 0.3 is 0 Å². The molecule has 1 aliphatic rings. The maximum absolute atomic E-state index is 5.47. The molecule has 0 spiro atoms. The van der Waals surface area contributed by atoms with E-state index in [1.807, 2.05) is 0 Å². The minimum absolute atomic E-state index is 0. The van der Waals surface area contributed by atoms with Crippen molar-refractivity contribution in [2.24, 2.45) is 4.99 Å². The zero-order valence-corrected chi connectivity index (χ0v) is 18.8. The molecule has 1 heterocycles. The number of anilines is 1. The van der Waals surface area contributed by atoms with Crippen molar-refractivity contribution in [2.45, 2.75) is 19.9 Å². The molecule has 0 radical (unpaired) electrons. The Labute approximate surface area is 180 Å². The fourth-order valence-corrected chi connectivity index (χ4v) is 2.68. The molecule has 0 unspecified atom stereocenters. The quantitative estimate of drug-likeness (QED) is 0.165. The molecule has 0 aliphatic carbocycles. The molecule has 0 fully saturated rings. The number of hydrogen-bond donors (Lipinski definition) is 2. The molecule has 0 amide bonds. The molecule has 1 aromatic carbocycles. The predicted octanol–water partition coefficient (Wildman–Crippen LogP) is 2.79. The molecule has 2 N–H and O–H groups in total. The summed E-state index contributed by atoms with van der Waals surface area (Å²) in [7, 11) is 1.68. The van der Waals surface area contributed by atoms with Crippen LogP contribution in [0.15, 0.2) is 41.4 Å². The monoisotopic (exact) mass is 488 g/mol. The Hall–Kier alpha value is -1.32. The SMILES string of the molecule is CCNC(=NCc1cccc(N2CC=CC2)c1)NCCCOCCOC.I. The van der Waals surface area contributed by atoms with Gasteiger partial charge in [0.15, 0.2) is 5.96 Å². The van der Waals surface area contributed by atoms with Gasteiger partial charge in [0.25, 0.3) is 0 Å². The van der Waals surface area contributed by atoms with Crippen molar-refractivity contribution in [3.8, 4) is 0 Å².